The van der Waals surface area contributed by atoms with Gasteiger partial charge in [-0.15, -0.1) is 0 Å². The lowest BCUT2D eigenvalue weighted by atomic mass is 9.91. The first-order chi connectivity index (χ1) is 18.3. The van der Waals surface area contributed by atoms with Crippen LogP contribution in [0.2, 0.25) is 0 Å². The fourth-order valence-corrected chi connectivity index (χ4v) is 5.03. The maximum absolute atomic E-state index is 4.96. The molecule has 0 radical (unpaired) electrons. The minimum Gasteiger partial charge on any atom is -0.368 e. The maximum atomic E-state index is 4.96. The number of hydrogen-bond donors (Lipinski definition) is 1. The molecule has 0 aliphatic carbocycles. The number of piperidine rings is 1. The number of hydrogen-bond acceptors (Lipinski definition) is 6. The molecular weight excluding hydrogens is 456 g/mol. The van der Waals surface area contributed by atoms with Gasteiger partial charge in [-0.2, -0.15) is 0 Å². The van der Waals surface area contributed by atoms with Gasteiger partial charge < -0.3 is 10.2 Å². The van der Waals surface area contributed by atoms with Gasteiger partial charge in [0.05, 0.1) is 11.1 Å². The Balaban J connectivity index is 1.31. The zero-order chi connectivity index (χ0) is 24.9. The molecule has 1 fully saturated rings. The molecule has 0 unspecified atom stereocenters. The van der Waals surface area contributed by atoms with Gasteiger partial charge in [-0.25, -0.2) is 19.9 Å². The topological polar surface area (TPSA) is 66.8 Å². The molecule has 6 nitrogen and oxygen atoms in total. The van der Waals surface area contributed by atoms with Crippen molar-refractivity contribution in [3.8, 4) is 11.4 Å². The lowest BCUT2D eigenvalue weighted by Crippen LogP contribution is -2.30. The minimum atomic E-state index is 0.187. The van der Waals surface area contributed by atoms with Crippen molar-refractivity contribution in [1.82, 2.24) is 19.9 Å². The van der Waals surface area contributed by atoms with E-state index < -0.39 is 0 Å². The third-order valence-corrected chi connectivity index (χ3v) is 7.02. The number of nitrogens with zero attached hydrogens (tertiary/aromatic N) is 5. The highest BCUT2D eigenvalue weighted by molar-refractivity contribution is 5.90. The Morgan fingerprint density at radius 1 is 0.703 bits per heavy atom. The molecule has 3 aromatic carbocycles. The Morgan fingerprint density at radius 2 is 1.32 bits per heavy atom. The predicted molar refractivity (Wildman–Crippen MR) is 150 cm³/mol. The number of nitrogens with one attached hydrogen (secondary N) is 1. The lowest BCUT2D eigenvalue weighted by molar-refractivity contribution is 0.568. The van der Waals surface area contributed by atoms with Crippen LogP contribution in [0.15, 0.2) is 97.3 Å². The summed E-state index contributed by atoms with van der Waals surface area (Å²) in [5.41, 5.74) is 4.24. The van der Waals surface area contributed by atoms with Crippen molar-refractivity contribution in [2.24, 2.45) is 0 Å². The van der Waals surface area contributed by atoms with Crippen molar-refractivity contribution < 1.29 is 0 Å². The van der Waals surface area contributed by atoms with Crippen molar-refractivity contribution in [2.75, 3.05) is 29.9 Å². The smallest absolute Gasteiger partial charge is 0.225 e. The van der Waals surface area contributed by atoms with E-state index in [4.69, 9.17) is 9.97 Å². The van der Waals surface area contributed by atoms with E-state index >= 15 is 0 Å². The van der Waals surface area contributed by atoms with Crippen LogP contribution in [0.25, 0.3) is 22.3 Å². The van der Waals surface area contributed by atoms with Crippen LogP contribution in [0.3, 0.4) is 0 Å². The Labute approximate surface area is 217 Å². The molecule has 0 saturated carbocycles. The Morgan fingerprint density at radius 3 is 2.00 bits per heavy atom. The Hall–Kier alpha value is -4.32. The molecule has 6 rings (SSSR count). The third-order valence-electron chi connectivity index (χ3n) is 7.02. The van der Waals surface area contributed by atoms with E-state index in [-0.39, 0.29) is 5.92 Å². The second-order valence-corrected chi connectivity index (χ2v) is 9.49. The number of para-hydroxylation sites is 1. The number of fused-ring (bicyclic) bond motifs is 1. The summed E-state index contributed by atoms with van der Waals surface area (Å²) in [6.45, 7) is 2.74. The first-order valence-electron chi connectivity index (χ1n) is 13.0. The second kappa shape index (κ2) is 10.7. The van der Waals surface area contributed by atoms with E-state index in [9.17, 15) is 0 Å². The molecule has 0 bridgehead atoms. The lowest BCUT2D eigenvalue weighted by Gasteiger charge is -2.26. The number of anilines is 2. The molecule has 1 N–H and O–H groups in total. The SMILES string of the molecule is c1ccc(C(CNc2nc(-c3cnc(N4CCCCC4)nc3)nc3ccccc23)c2ccccc2)cc1. The van der Waals surface area contributed by atoms with E-state index in [0.29, 0.717) is 12.4 Å². The van der Waals surface area contributed by atoms with Crippen LogP contribution in [0.5, 0.6) is 0 Å². The van der Waals surface area contributed by atoms with Gasteiger partial charge in [0.1, 0.15) is 5.82 Å². The third kappa shape index (κ3) is 5.14. The quantitative estimate of drug-likeness (QED) is 0.290. The number of aromatic nitrogens is 4. The molecule has 0 spiro atoms. The fraction of sp³-hybridized carbons (Fsp3) is 0.226. The normalized spacial score (nSPS) is 13.7. The van der Waals surface area contributed by atoms with Crippen LogP contribution in [-0.4, -0.2) is 39.6 Å². The molecule has 5 aromatic rings. The van der Waals surface area contributed by atoms with E-state index in [1.54, 1.807) is 0 Å². The summed E-state index contributed by atoms with van der Waals surface area (Å²) >= 11 is 0. The van der Waals surface area contributed by atoms with Crippen LogP contribution in [0, 0.1) is 0 Å². The highest BCUT2D eigenvalue weighted by Crippen LogP contribution is 2.28. The van der Waals surface area contributed by atoms with Crippen LogP contribution in [0.1, 0.15) is 36.3 Å². The molecule has 0 atom stereocenters. The van der Waals surface area contributed by atoms with Gasteiger partial charge in [0.2, 0.25) is 5.95 Å². The van der Waals surface area contributed by atoms with Crippen molar-refractivity contribution in [2.45, 2.75) is 25.2 Å². The Kier molecular flexibility index (Phi) is 6.71. The first kappa shape index (κ1) is 23.1. The first-order valence-corrected chi connectivity index (χ1v) is 13.0. The molecule has 1 aliphatic rings. The van der Waals surface area contributed by atoms with E-state index in [1.807, 2.05) is 30.6 Å². The van der Waals surface area contributed by atoms with Gasteiger partial charge in [-0.3, -0.25) is 0 Å². The zero-order valence-electron chi connectivity index (χ0n) is 20.8. The van der Waals surface area contributed by atoms with Gasteiger partial charge >= 0.3 is 0 Å². The summed E-state index contributed by atoms with van der Waals surface area (Å²) in [5.74, 6) is 2.42. The average Bonchev–Trinajstić information content (AvgIpc) is 2.99. The fourth-order valence-electron chi connectivity index (χ4n) is 5.03. The molecular formula is C31H30N6. The molecule has 1 aliphatic heterocycles. The van der Waals surface area contributed by atoms with E-state index in [2.05, 4.69) is 86.9 Å². The van der Waals surface area contributed by atoms with Crippen molar-refractivity contribution >= 4 is 22.7 Å². The predicted octanol–water partition coefficient (Wildman–Crippen LogP) is 6.32. The number of rotatable bonds is 7. The zero-order valence-corrected chi connectivity index (χ0v) is 20.8. The summed E-state index contributed by atoms with van der Waals surface area (Å²) < 4.78 is 0. The van der Waals surface area contributed by atoms with Crippen molar-refractivity contribution in [3.63, 3.8) is 0 Å². The molecule has 1 saturated heterocycles. The van der Waals surface area contributed by atoms with Gasteiger partial charge in [-0.1, -0.05) is 72.8 Å². The van der Waals surface area contributed by atoms with Crippen molar-refractivity contribution in [3.05, 3.63) is 108 Å². The molecule has 0 amide bonds. The van der Waals surface area contributed by atoms with Crippen LogP contribution in [0.4, 0.5) is 11.8 Å². The summed E-state index contributed by atoms with van der Waals surface area (Å²) in [5, 5.41) is 4.66. The highest BCUT2D eigenvalue weighted by Gasteiger charge is 2.17. The molecule has 3 heterocycles. The maximum Gasteiger partial charge on any atom is 0.225 e. The van der Waals surface area contributed by atoms with Crippen LogP contribution < -0.4 is 10.2 Å². The van der Waals surface area contributed by atoms with Crippen LogP contribution >= 0.6 is 0 Å². The second-order valence-electron chi connectivity index (χ2n) is 9.49. The number of benzene rings is 3. The highest BCUT2D eigenvalue weighted by atomic mass is 15.2. The van der Waals surface area contributed by atoms with E-state index in [0.717, 1.165) is 41.3 Å². The van der Waals surface area contributed by atoms with Gasteiger partial charge in [0, 0.05) is 43.3 Å². The monoisotopic (exact) mass is 486 g/mol. The Bertz CT molecular complexity index is 1410. The van der Waals surface area contributed by atoms with Crippen LogP contribution in [-0.2, 0) is 0 Å². The molecule has 6 heteroatoms. The van der Waals surface area contributed by atoms with Gasteiger partial charge in [0.15, 0.2) is 5.82 Å². The summed E-state index contributed by atoms with van der Waals surface area (Å²) in [6, 6.07) is 29.4. The summed E-state index contributed by atoms with van der Waals surface area (Å²) in [6.07, 6.45) is 7.37. The standard InChI is InChI=1S/C31H30N6/c1-4-12-23(13-5-1)27(24-14-6-2-7-15-24)22-32-30-26-16-8-9-17-28(26)35-29(36-30)25-20-33-31(34-21-25)37-18-10-3-11-19-37/h1-2,4-9,12-17,20-21,27H,3,10-11,18-19,22H2,(H,32,35,36). The molecule has 184 valence electrons. The van der Waals surface area contributed by atoms with Gasteiger partial charge in [0.25, 0.3) is 0 Å². The largest absolute Gasteiger partial charge is 0.368 e. The molecule has 2 aromatic heterocycles. The molecule has 37 heavy (non-hydrogen) atoms. The van der Waals surface area contributed by atoms with Gasteiger partial charge in [-0.05, 0) is 42.5 Å². The minimum absolute atomic E-state index is 0.187. The average molecular weight is 487 g/mol. The summed E-state index contributed by atoms with van der Waals surface area (Å²) in [4.78, 5) is 21.4. The van der Waals surface area contributed by atoms with Crippen molar-refractivity contribution in [1.29, 1.82) is 0 Å². The summed E-state index contributed by atoms with van der Waals surface area (Å²) in [7, 11) is 0. The van der Waals surface area contributed by atoms with E-state index in [1.165, 1.54) is 30.4 Å².